The number of hydrogen-bond donors (Lipinski definition) is 0. The number of allylic oxidation sites excluding steroid dienone is 8. The fourth-order valence-corrected chi connectivity index (χ4v) is 11.4. The second-order valence-electron chi connectivity index (χ2n) is 19.1. The van der Waals surface area contributed by atoms with Gasteiger partial charge < -0.3 is 14.0 Å². The van der Waals surface area contributed by atoms with Gasteiger partial charge in [-0.3, -0.25) is 0 Å². The Morgan fingerprint density at radius 1 is 0.444 bits per heavy atom. The monoisotopic (exact) mass is 931 g/mol. The Bertz CT molecular complexity index is 3930. The maximum absolute atomic E-state index is 2.52. The van der Waals surface area contributed by atoms with Crippen LogP contribution in [0.4, 0.5) is 11.4 Å². The molecule has 0 unspecified atom stereocenters. The molecule has 72 heavy (non-hydrogen) atoms. The van der Waals surface area contributed by atoms with Crippen LogP contribution in [0.3, 0.4) is 0 Å². The van der Waals surface area contributed by atoms with Gasteiger partial charge >= 0.3 is 0 Å². The van der Waals surface area contributed by atoms with Crippen LogP contribution in [0.15, 0.2) is 242 Å². The maximum Gasteiger partial charge on any atom is 0.0547 e. The molecule has 9 aromatic carbocycles. The molecule has 0 bridgehead atoms. The van der Waals surface area contributed by atoms with Gasteiger partial charge in [0.05, 0.1) is 22.1 Å². The summed E-state index contributed by atoms with van der Waals surface area (Å²) in [6.45, 7) is 12.7. The zero-order valence-electron chi connectivity index (χ0n) is 42.3. The van der Waals surface area contributed by atoms with Crippen molar-refractivity contribution < 1.29 is 0 Å². The largest absolute Gasteiger partial charge is 0.314 e. The third-order valence-electron chi connectivity index (χ3n) is 14.7. The lowest BCUT2D eigenvalue weighted by Crippen LogP contribution is -2.20. The van der Waals surface area contributed by atoms with Crippen LogP contribution in [0.1, 0.15) is 65.5 Å². The molecule has 352 valence electrons. The highest BCUT2D eigenvalue weighted by Crippen LogP contribution is 2.51. The number of hydrogen-bond acceptors (Lipinski definition) is 1. The molecule has 0 fully saturated rings. The molecule has 2 aliphatic carbocycles. The summed E-state index contributed by atoms with van der Waals surface area (Å²) >= 11 is 0. The Balaban J connectivity index is 0.000000655. The number of benzene rings is 9. The van der Waals surface area contributed by atoms with Gasteiger partial charge in [0, 0.05) is 55.4 Å². The number of aromatic nitrogens is 2. The second kappa shape index (κ2) is 19.4. The van der Waals surface area contributed by atoms with Gasteiger partial charge in [-0.1, -0.05) is 192 Å². The van der Waals surface area contributed by atoms with E-state index in [0.717, 1.165) is 12.8 Å². The van der Waals surface area contributed by atoms with E-state index in [0.29, 0.717) is 0 Å². The number of anilines is 2. The van der Waals surface area contributed by atoms with Crippen molar-refractivity contribution in [3.8, 4) is 27.9 Å². The first-order valence-corrected chi connectivity index (χ1v) is 25.7. The van der Waals surface area contributed by atoms with Gasteiger partial charge in [-0.25, -0.2) is 0 Å². The van der Waals surface area contributed by atoms with Crippen molar-refractivity contribution in [2.75, 3.05) is 4.90 Å². The first-order valence-electron chi connectivity index (χ1n) is 25.7. The average Bonchev–Trinajstić information content (AvgIpc) is 4.04. The SMILES string of the molecule is C/C=C\C=C/C.CC.CC1(C)c2ccccc2-c2ccc(N(C3=CC=C(n4c5ccccc5c5c(-c6ccc7c8ccccc8n(-c8ccccc8)c7c6)cccc54)CC3)c3ccc4ccccc4c3)cc21. The molecule has 0 spiro atoms. The van der Waals surface area contributed by atoms with E-state index >= 15 is 0 Å². The van der Waals surface area contributed by atoms with Crippen molar-refractivity contribution in [3.05, 3.63) is 253 Å². The summed E-state index contributed by atoms with van der Waals surface area (Å²) in [6.07, 6.45) is 14.6. The number of rotatable bonds is 7. The third-order valence-corrected chi connectivity index (χ3v) is 14.7. The zero-order chi connectivity index (χ0) is 49.3. The van der Waals surface area contributed by atoms with E-state index in [-0.39, 0.29) is 5.41 Å². The summed E-state index contributed by atoms with van der Waals surface area (Å²) in [7, 11) is 0. The minimum Gasteiger partial charge on any atom is -0.314 e. The Hall–Kier alpha value is -8.40. The quantitative estimate of drug-likeness (QED) is 0.145. The van der Waals surface area contributed by atoms with Gasteiger partial charge in [-0.2, -0.15) is 0 Å². The fraction of sp³-hybridized carbons (Fsp3) is 0.130. The molecule has 13 rings (SSSR count). The van der Waals surface area contributed by atoms with E-state index in [9.17, 15) is 0 Å². The molecule has 2 aliphatic rings. The smallest absolute Gasteiger partial charge is 0.0547 e. The molecule has 0 saturated heterocycles. The van der Waals surface area contributed by atoms with E-state index in [1.54, 1.807) is 0 Å². The van der Waals surface area contributed by atoms with Gasteiger partial charge in [0.1, 0.15) is 0 Å². The van der Waals surface area contributed by atoms with Gasteiger partial charge in [-0.15, -0.1) is 0 Å². The first kappa shape index (κ1) is 46.0. The van der Waals surface area contributed by atoms with E-state index in [2.05, 4.69) is 240 Å². The Morgan fingerprint density at radius 2 is 1.06 bits per heavy atom. The number of fused-ring (bicyclic) bond motifs is 10. The van der Waals surface area contributed by atoms with Crippen LogP contribution >= 0.6 is 0 Å². The third kappa shape index (κ3) is 7.86. The van der Waals surface area contributed by atoms with Crippen LogP contribution in [0.5, 0.6) is 0 Å². The fourth-order valence-electron chi connectivity index (χ4n) is 11.4. The molecule has 2 heterocycles. The van der Waals surface area contributed by atoms with Crippen molar-refractivity contribution in [2.24, 2.45) is 0 Å². The van der Waals surface area contributed by atoms with Crippen LogP contribution in [-0.4, -0.2) is 9.13 Å². The van der Waals surface area contributed by atoms with Gasteiger partial charge in [0.15, 0.2) is 0 Å². The van der Waals surface area contributed by atoms with Gasteiger partial charge in [-0.05, 0) is 144 Å². The average molecular weight is 932 g/mol. The van der Waals surface area contributed by atoms with Crippen LogP contribution in [-0.2, 0) is 5.41 Å². The minimum atomic E-state index is -0.0908. The molecule has 0 amide bonds. The first-order chi connectivity index (χ1) is 35.4. The van der Waals surface area contributed by atoms with E-state index in [1.807, 2.05) is 52.0 Å². The van der Waals surface area contributed by atoms with Crippen LogP contribution < -0.4 is 4.90 Å². The molecule has 2 aromatic heterocycles. The summed E-state index contributed by atoms with van der Waals surface area (Å²) in [6, 6.07) is 74.0. The van der Waals surface area contributed by atoms with Gasteiger partial charge in [0.25, 0.3) is 0 Å². The second-order valence-corrected chi connectivity index (χ2v) is 19.1. The minimum absolute atomic E-state index is 0.0908. The number of para-hydroxylation sites is 3. The van der Waals surface area contributed by atoms with E-state index in [4.69, 9.17) is 0 Å². The van der Waals surface area contributed by atoms with Crippen molar-refractivity contribution in [2.45, 2.75) is 59.8 Å². The summed E-state index contributed by atoms with van der Waals surface area (Å²) in [4.78, 5) is 2.51. The maximum atomic E-state index is 2.52. The predicted octanol–water partition coefficient (Wildman–Crippen LogP) is 19.5. The van der Waals surface area contributed by atoms with Crippen molar-refractivity contribution in [1.29, 1.82) is 0 Å². The Labute approximate surface area is 424 Å². The number of nitrogens with zero attached hydrogens (tertiary/aromatic N) is 3. The Kier molecular flexibility index (Phi) is 12.4. The summed E-state index contributed by atoms with van der Waals surface area (Å²) in [5.74, 6) is 0. The predicted molar refractivity (Wildman–Crippen MR) is 312 cm³/mol. The Morgan fingerprint density at radius 3 is 1.82 bits per heavy atom. The lowest BCUT2D eigenvalue weighted by molar-refractivity contribution is 0.660. The molecule has 0 atom stereocenters. The van der Waals surface area contributed by atoms with Crippen LogP contribution in [0.25, 0.3) is 88.0 Å². The molecule has 0 N–H and O–H groups in total. The van der Waals surface area contributed by atoms with Gasteiger partial charge in [0.2, 0.25) is 0 Å². The van der Waals surface area contributed by atoms with Crippen molar-refractivity contribution in [1.82, 2.24) is 9.13 Å². The highest BCUT2D eigenvalue weighted by atomic mass is 15.2. The van der Waals surface area contributed by atoms with E-state index < -0.39 is 0 Å². The highest BCUT2D eigenvalue weighted by Gasteiger charge is 2.36. The lowest BCUT2D eigenvalue weighted by Gasteiger charge is -2.32. The standard InChI is InChI=1S/C61H45N3.C6H10.C2H6/c1-61(2)54-23-11-8-19-49(54)50-36-34-47(39-55(50)61)62(46-29-27-40-15-6-7-16-41(40)37-46)44-30-32-45(33-31-44)63-57-25-13-10-21-53(57)60-48(22-14-26-58(60)63)42-28-35-52-51-20-9-12-24-56(51)64(59(52)38-42)43-17-4-3-5-18-43;1-3-5-6-4-2;1-2/h3-30,32,34-39H,31,33H2,1-2H3;3-6H,1-2H3;1-2H3/b;5-3-,6-4-;. The molecular weight excluding hydrogens is 871 g/mol. The molecule has 0 saturated carbocycles. The molecule has 3 heteroatoms. The van der Waals surface area contributed by atoms with Crippen molar-refractivity contribution >= 4 is 71.5 Å². The summed E-state index contributed by atoms with van der Waals surface area (Å²) < 4.78 is 4.94. The highest BCUT2D eigenvalue weighted by molar-refractivity contribution is 6.17. The summed E-state index contributed by atoms with van der Waals surface area (Å²) in [5, 5.41) is 7.58. The normalized spacial score (nSPS) is 13.8. The lowest BCUT2D eigenvalue weighted by atomic mass is 9.82. The zero-order valence-corrected chi connectivity index (χ0v) is 42.3. The molecule has 0 aliphatic heterocycles. The van der Waals surface area contributed by atoms with Crippen molar-refractivity contribution in [3.63, 3.8) is 0 Å². The topological polar surface area (TPSA) is 13.1 Å². The summed E-state index contributed by atoms with van der Waals surface area (Å²) in [5.41, 5.74) is 18.9. The molecule has 0 radical (unpaired) electrons. The van der Waals surface area contributed by atoms with Crippen LogP contribution in [0, 0.1) is 0 Å². The van der Waals surface area contributed by atoms with Crippen LogP contribution in [0.2, 0.25) is 0 Å². The molecule has 3 nitrogen and oxygen atoms in total. The molecular formula is C69H61N3. The van der Waals surface area contributed by atoms with E-state index in [1.165, 1.54) is 116 Å². The molecule has 11 aromatic rings.